The maximum Gasteiger partial charge on any atom is 0.272 e. The van der Waals surface area contributed by atoms with Crippen LogP contribution in [0.1, 0.15) is 23.0 Å². The minimum atomic E-state index is -0.224. The highest BCUT2D eigenvalue weighted by Crippen LogP contribution is 2.31. The van der Waals surface area contributed by atoms with Gasteiger partial charge in [-0.3, -0.25) is 9.59 Å². The van der Waals surface area contributed by atoms with Crippen molar-refractivity contribution in [3.05, 3.63) is 58.0 Å². The molecule has 1 fully saturated rings. The number of ether oxygens (including phenoxy) is 1. The first-order valence-corrected chi connectivity index (χ1v) is 11.4. The highest BCUT2D eigenvalue weighted by Gasteiger charge is 2.16. The molecule has 1 aliphatic heterocycles. The van der Waals surface area contributed by atoms with Crippen LogP contribution >= 0.6 is 11.3 Å². The largest absolute Gasteiger partial charge is 0.378 e. The van der Waals surface area contributed by atoms with E-state index in [1.54, 1.807) is 41.0 Å². The normalized spacial score (nSPS) is 14.2. The van der Waals surface area contributed by atoms with Crippen molar-refractivity contribution in [2.75, 3.05) is 36.5 Å². The number of amides is 1. The van der Waals surface area contributed by atoms with E-state index in [0.717, 1.165) is 34.0 Å². The van der Waals surface area contributed by atoms with Crippen LogP contribution in [-0.4, -0.2) is 46.7 Å². The molecule has 32 heavy (non-hydrogen) atoms. The van der Waals surface area contributed by atoms with Crippen molar-refractivity contribution < 1.29 is 9.53 Å². The lowest BCUT2D eigenvalue weighted by Gasteiger charge is -2.25. The second-order valence-corrected chi connectivity index (χ2v) is 8.69. The van der Waals surface area contributed by atoms with Gasteiger partial charge >= 0.3 is 0 Å². The van der Waals surface area contributed by atoms with Gasteiger partial charge in [-0.25, -0.2) is 9.97 Å². The fraction of sp³-hybridized carbons (Fsp3) is 0.304. The first kappa shape index (κ1) is 20.6. The smallest absolute Gasteiger partial charge is 0.272 e. The van der Waals surface area contributed by atoms with Gasteiger partial charge in [0.1, 0.15) is 5.69 Å². The molecule has 0 aliphatic carbocycles. The molecule has 5 rings (SSSR count). The van der Waals surface area contributed by atoms with Gasteiger partial charge < -0.3 is 19.5 Å². The van der Waals surface area contributed by atoms with Gasteiger partial charge in [0.25, 0.3) is 11.5 Å². The average Bonchev–Trinajstić information content (AvgIpc) is 3.24. The van der Waals surface area contributed by atoms with Gasteiger partial charge in [-0.05, 0) is 50.2 Å². The number of carbonyl (C=O) groups is 1. The molecule has 1 saturated heterocycles. The van der Waals surface area contributed by atoms with E-state index in [2.05, 4.69) is 15.2 Å². The highest BCUT2D eigenvalue weighted by molar-refractivity contribution is 7.22. The standard InChI is InChI=1S/C23H23N5O3S/c1-3-28-19-7-4-15(12-18(19)24-14(2)22(28)30)21(29)25-16-5-6-17-20(13-16)32-23(26-17)27-8-10-31-11-9-27/h4-7,12-13H,3,8-11H2,1-2H3,(H,25,29). The minimum absolute atomic E-state index is 0.105. The molecule has 8 nitrogen and oxygen atoms in total. The summed E-state index contributed by atoms with van der Waals surface area (Å²) in [6.45, 7) is 7.26. The van der Waals surface area contributed by atoms with Gasteiger partial charge in [-0.2, -0.15) is 0 Å². The van der Waals surface area contributed by atoms with Crippen LogP contribution in [0.5, 0.6) is 0 Å². The van der Waals surface area contributed by atoms with Crippen molar-refractivity contribution >= 4 is 49.3 Å². The molecule has 0 unspecified atom stereocenters. The lowest BCUT2D eigenvalue weighted by molar-refractivity contribution is 0.102. The van der Waals surface area contributed by atoms with Gasteiger partial charge in [0.05, 0.1) is 34.5 Å². The number of morpholine rings is 1. The van der Waals surface area contributed by atoms with E-state index >= 15 is 0 Å². The molecule has 0 saturated carbocycles. The second-order valence-electron chi connectivity index (χ2n) is 7.68. The Bertz CT molecular complexity index is 1390. The Morgan fingerprint density at radius 3 is 2.72 bits per heavy atom. The van der Waals surface area contributed by atoms with E-state index in [4.69, 9.17) is 9.72 Å². The maximum absolute atomic E-state index is 12.9. The highest BCUT2D eigenvalue weighted by atomic mass is 32.1. The van der Waals surface area contributed by atoms with Crippen molar-refractivity contribution in [2.24, 2.45) is 0 Å². The molecule has 4 aromatic rings. The summed E-state index contributed by atoms with van der Waals surface area (Å²) in [4.78, 5) is 36.5. The van der Waals surface area contributed by atoms with Crippen LogP contribution in [0.25, 0.3) is 21.3 Å². The number of aromatic nitrogens is 3. The lowest BCUT2D eigenvalue weighted by atomic mass is 10.1. The van der Waals surface area contributed by atoms with Crippen LogP contribution in [0.2, 0.25) is 0 Å². The van der Waals surface area contributed by atoms with Gasteiger partial charge in [-0.15, -0.1) is 0 Å². The van der Waals surface area contributed by atoms with Gasteiger partial charge in [0, 0.05) is 30.9 Å². The second kappa shape index (κ2) is 8.33. The van der Waals surface area contributed by atoms with Crippen molar-refractivity contribution in [1.29, 1.82) is 0 Å². The Kier molecular flexibility index (Phi) is 5.36. The van der Waals surface area contributed by atoms with Crippen LogP contribution in [0, 0.1) is 6.92 Å². The first-order chi connectivity index (χ1) is 15.5. The summed E-state index contributed by atoms with van der Waals surface area (Å²) in [7, 11) is 0. The number of nitrogens with zero attached hydrogens (tertiary/aromatic N) is 4. The molecule has 0 radical (unpaired) electrons. The zero-order valence-electron chi connectivity index (χ0n) is 17.9. The van der Waals surface area contributed by atoms with E-state index in [9.17, 15) is 9.59 Å². The van der Waals surface area contributed by atoms with Gasteiger partial charge in [0.15, 0.2) is 5.13 Å². The summed E-state index contributed by atoms with van der Waals surface area (Å²) >= 11 is 1.62. The predicted molar refractivity (Wildman–Crippen MR) is 127 cm³/mol. The van der Waals surface area contributed by atoms with Gasteiger partial charge in [-0.1, -0.05) is 11.3 Å². The van der Waals surface area contributed by atoms with E-state index < -0.39 is 0 Å². The minimum Gasteiger partial charge on any atom is -0.378 e. The third-order valence-corrected chi connectivity index (χ3v) is 6.68. The average molecular weight is 450 g/mol. The number of carbonyl (C=O) groups excluding carboxylic acids is 1. The van der Waals surface area contributed by atoms with Crippen LogP contribution in [0.15, 0.2) is 41.2 Å². The fourth-order valence-corrected chi connectivity index (χ4v) is 4.97. The summed E-state index contributed by atoms with van der Waals surface area (Å²) in [5, 5.41) is 3.95. The van der Waals surface area contributed by atoms with Crippen LogP contribution in [0.3, 0.4) is 0 Å². The molecule has 2 aromatic heterocycles. The van der Waals surface area contributed by atoms with E-state index in [1.165, 1.54) is 0 Å². The van der Waals surface area contributed by atoms with Crippen molar-refractivity contribution in [1.82, 2.24) is 14.5 Å². The summed E-state index contributed by atoms with van der Waals surface area (Å²) in [6.07, 6.45) is 0. The number of benzene rings is 2. The molecule has 3 heterocycles. The Morgan fingerprint density at radius 1 is 1.12 bits per heavy atom. The molecule has 9 heteroatoms. The Hall–Kier alpha value is -3.30. The number of hydrogen-bond donors (Lipinski definition) is 1. The zero-order valence-corrected chi connectivity index (χ0v) is 18.7. The molecule has 0 bridgehead atoms. The molecular formula is C23H23N5O3S. The summed E-state index contributed by atoms with van der Waals surface area (Å²) < 4.78 is 8.11. The Balaban J connectivity index is 1.41. The van der Waals surface area contributed by atoms with Crippen LogP contribution < -0.4 is 15.8 Å². The number of rotatable bonds is 4. The molecule has 1 amide bonds. The summed E-state index contributed by atoms with van der Waals surface area (Å²) in [6, 6.07) is 11.0. The topological polar surface area (TPSA) is 89.3 Å². The van der Waals surface area contributed by atoms with E-state index in [0.29, 0.717) is 42.2 Å². The fourth-order valence-electron chi connectivity index (χ4n) is 3.91. The predicted octanol–water partition coefficient (Wildman–Crippen LogP) is 3.42. The summed E-state index contributed by atoms with van der Waals surface area (Å²) in [5.41, 5.74) is 3.78. The number of fused-ring (bicyclic) bond motifs is 2. The summed E-state index contributed by atoms with van der Waals surface area (Å²) in [5.74, 6) is -0.224. The molecule has 0 spiro atoms. The third kappa shape index (κ3) is 3.74. The third-order valence-electron chi connectivity index (χ3n) is 5.60. The molecule has 2 aromatic carbocycles. The quantitative estimate of drug-likeness (QED) is 0.514. The molecular weight excluding hydrogens is 426 g/mol. The number of anilines is 2. The zero-order chi connectivity index (χ0) is 22.2. The van der Waals surface area contributed by atoms with Crippen molar-refractivity contribution in [2.45, 2.75) is 20.4 Å². The molecule has 164 valence electrons. The SMILES string of the molecule is CCn1c(=O)c(C)nc2cc(C(=O)Nc3ccc4nc(N5CCOCC5)sc4c3)ccc21. The lowest BCUT2D eigenvalue weighted by Crippen LogP contribution is -2.36. The maximum atomic E-state index is 12.9. The molecule has 1 aliphatic rings. The van der Waals surface area contributed by atoms with E-state index in [1.807, 2.05) is 25.1 Å². The van der Waals surface area contributed by atoms with Crippen molar-refractivity contribution in [3.8, 4) is 0 Å². The number of nitrogens with one attached hydrogen (secondary N) is 1. The Morgan fingerprint density at radius 2 is 1.94 bits per heavy atom. The monoisotopic (exact) mass is 449 g/mol. The Labute approximate surface area is 188 Å². The van der Waals surface area contributed by atoms with Crippen LogP contribution in [0.4, 0.5) is 10.8 Å². The van der Waals surface area contributed by atoms with E-state index in [-0.39, 0.29) is 11.5 Å². The van der Waals surface area contributed by atoms with Crippen LogP contribution in [-0.2, 0) is 11.3 Å². The first-order valence-electron chi connectivity index (χ1n) is 10.6. The number of aryl methyl sites for hydroxylation is 2. The number of hydrogen-bond acceptors (Lipinski definition) is 7. The van der Waals surface area contributed by atoms with Gasteiger partial charge in [0.2, 0.25) is 0 Å². The molecule has 0 atom stereocenters. The molecule has 1 N–H and O–H groups in total. The van der Waals surface area contributed by atoms with Crippen molar-refractivity contribution in [3.63, 3.8) is 0 Å². The number of thiazole rings is 1.